The third-order valence-corrected chi connectivity index (χ3v) is 4.96. The molecular weight excluding hydrogens is 412 g/mol. The molecule has 4 N–H and O–H groups in total. The Labute approximate surface area is 194 Å². The Kier molecular flexibility index (Phi) is 8.91. The molecule has 0 amide bonds. The number of hydrogen-bond donors (Lipinski definition) is 4. The molecule has 0 radical (unpaired) electrons. The fraction of sp³-hybridized carbons (Fsp3) is 0.154. The van der Waals surface area contributed by atoms with Crippen LogP contribution in [-0.2, 0) is 17.7 Å². The van der Waals surface area contributed by atoms with Crippen LogP contribution in [0.3, 0.4) is 0 Å². The van der Waals surface area contributed by atoms with Crippen molar-refractivity contribution in [2.24, 2.45) is 0 Å². The number of hydrogen-bond acceptors (Lipinski definition) is 7. The van der Waals surface area contributed by atoms with Crippen LogP contribution in [0, 0.1) is 10.8 Å². The fourth-order valence-electron chi connectivity index (χ4n) is 3.14. The molecule has 0 spiro atoms. The van der Waals surface area contributed by atoms with Gasteiger partial charge in [0.2, 0.25) is 0 Å². The van der Waals surface area contributed by atoms with Gasteiger partial charge < -0.3 is 20.8 Å². The fourth-order valence-corrected chi connectivity index (χ4v) is 3.14. The molecule has 0 saturated carbocycles. The molecule has 0 saturated heterocycles. The van der Waals surface area contributed by atoms with E-state index in [4.69, 9.17) is 15.6 Å². The minimum absolute atomic E-state index is 0.290. The molecule has 0 aliphatic carbocycles. The summed E-state index contributed by atoms with van der Waals surface area (Å²) in [6.45, 7) is 0.631. The van der Waals surface area contributed by atoms with Gasteiger partial charge in [0.1, 0.15) is 0 Å². The zero-order chi connectivity index (χ0) is 23.3. The quantitative estimate of drug-likeness (QED) is 0.251. The Morgan fingerprint density at radius 1 is 1.03 bits per heavy atom. The maximum atomic E-state index is 7.85. The minimum Gasteiger partial charge on any atom is -0.484 e. The van der Waals surface area contributed by atoms with Crippen LogP contribution in [-0.4, -0.2) is 29.2 Å². The second-order valence-electron chi connectivity index (χ2n) is 7.25. The molecule has 0 atom stereocenters. The van der Waals surface area contributed by atoms with Crippen LogP contribution >= 0.6 is 0 Å². The summed E-state index contributed by atoms with van der Waals surface area (Å²) in [4.78, 5) is 8.35. The summed E-state index contributed by atoms with van der Waals surface area (Å²) < 4.78 is 4.90. The summed E-state index contributed by atoms with van der Waals surface area (Å²) in [6, 6.07) is 13.9. The molecule has 1 aromatic carbocycles. The molecule has 0 bridgehead atoms. The Morgan fingerprint density at radius 3 is 2.58 bits per heavy atom. The Hall–Kier alpha value is -4.26. The van der Waals surface area contributed by atoms with E-state index in [9.17, 15) is 0 Å². The van der Waals surface area contributed by atoms with E-state index in [1.54, 1.807) is 18.6 Å². The summed E-state index contributed by atoms with van der Waals surface area (Å²) in [5.74, 6) is 0.290. The molecule has 3 aromatic rings. The SMILES string of the molecule is COC(=N)CCc1ccc(N/C=C\c2cnccc2/C(C=N)=C/NCc2cccnc2)cc1. The standard InChI is InChI=1S/C26H28N6O/c1-33-26(28)9-6-20-4-7-24(8-5-20)32-14-10-22-18-30-13-11-25(22)23(15-27)19-31-17-21-3-2-12-29-16-21/h2-5,7-8,10-16,18-19,27-28,31-32H,6,9,17H2,1H3/b14-10-,23-19+,27-15?,28-26?. The highest BCUT2D eigenvalue weighted by Crippen LogP contribution is 2.18. The van der Waals surface area contributed by atoms with Gasteiger partial charge in [-0.3, -0.25) is 15.4 Å². The van der Waals surface area contributed by atoms with Crippen molar-refractivity contribution in [3.05, 3.63) is 102 Å². The van der Waals surface area contributed by atoms with Gasteiger partial charge in [0, 0.05) is 73.2 Å². The Balaban J connectivity index is 1.62. The smallest absolute Gasteiger partial charge is 0.180 e. The zero-order valence-electron chi connectivity index (χ0n) is 18.6. The third kappa shape index (κ3) is 7.43. The predicted octanol–water partition coefficient (Wildman–Crippen LogP) is 4.90. The number of allylic oxidation sites excluding steroid dienone is 1. The van der Waals surface area contributed by atoms with E-state index in [0.717, 1.165) is 39.9 Å². The molecule has 0 aliphatic heterocycles. The molecule has 0 unspecified atom stereocenters. The highest BCUT2D eigenvalue weighted by Gasteiger charge is 2.04. The number of benzene rings is 1. The normalized spacial score (nSPS) is 11.2. The van der Waals surface area contributed by atoms with E-state index in [0.29, 0.717) is 13.0 Å². The topological polar surface area (TPSA) is 107 Å². The van der Waals surface area contributed by atoms with E-state index >= 15 is 0 Å². The lowest BCUT2D eigenvalue weighted by atomic mass is 10.0. The van der Waals surface area contributed by atoms with Crippen molar-refractivity contribution in [2.45, 2.75) is 19.4 Å². The first-order valence-electron chi connectivity index (χ1n) is 10.6. The molecule has 3 rings (SSSR count). The summed E-state index contributed by atoms with van der Waals surface area (Å²) >= 11 is 0. The number of pyridine rings is 2. The van der Waals surface area contributed by atoms with E-state index in [-0.39, 0.29) is 5.90 Å². The van der Waals surface area contributed by atoms with Gasteiger partial charge in [-0.25, -0.2) is 0 Å². The number of rotatable bonds is 11. The number of aryl methyl sites for hydroxylation is 1. The number of ether oxygens (including phenoxy) is 1. The number of nitrogens with one attached hydrogen (secondary N) is 4. The third-order valence-electron chi connectivity index (χ3n) is 4.96. The highest BCUT2D eigenvalue weighted by atomic mass is 16.5. The number of nitrogens with zero attached hydrogens (tertiary/aromatic N) is 2. The Bertz CT molecular complexity index is 1110. The van der Waals surface area contributed by atoms with Crippen molar-refractivity contribution < 1.29 is 4.74 Å². The second kappa shape index (κ2) is 12.6. The first kappa shape index (κ1) is 23.4. The number of anilines is 1. The lowest BCUT2D eigenvalue weighted by Gasteiger charge is -2.08. The van der Waals surface area contributed by atoms with E-state index in [2.05, 4.69) is 20.6 Å². The summed E-state index contributed by atoms with van der Waals surface area (Å²) in [7, 11) is 1.52. The number of methoxy groups -OCH3 is 1. The van der Waals surface area contributed by atoms with Crippen molar-refractivity contribution >= 4 is 29.4 Å². The molecule has 2 aromatic heterocycles. The van der Waals surface area contributed by atoms with Crippen LogP contribution in [0.15, 0.2) is 79.7 Å². The van der Waals surface area contributed by atoms with Gasteiger partial charge >= 0.3 is 0 Å². The molecule has 7 nitrogen and oxygen atoms in total. The van der Waals surface area contributed by atoms with E-state index in [1.807, 2.05) is 67.1 Å². The van der Waals surface area contributed by atoms with Crippen molar-refractivity contribution in [3.8, 4) is 0 Å². The van der Waals surface area contributed by atoms with E-state index < -0.39 is 0 Å². The largest absolute Gasteiger partial charge is 0.484 e. The van der Waals surface area contributed by atoms with Crippen LogP contribution in [0.1, 0.15) is 28.7 Å². The van der Waals surface area contributed by atoms with Crippen molar-refractivity contribution in [1.82, 2.24) is 15.3 Å². The summed E-state index contributed by atoms with van der Waals surface area (Å²) in [5.41, 5.74) is 5.75. The van der Waals surface area contributed by atoms with Gasteiger partial charge in [-0.05, 0) is 53.5 Å². The van der Waals surface area contributed by atoms with Crippen LogP contribution in [0.25, 0.3) is 11.6 Å². The number of aromatic nitrogens is 2. The summed E-state index contributed by atoms with van der Waals surface area (Å²) in [6.07, 6.45) is 15.4. The molecule has 0 fully saturated rings. The van der Waals surface area contributed by atoms with Crippen molar-refractivity contribution in [2.75, 3.05) is 12.4 Å². The van der Waals surface area contributed by atoms with Crippen LogP contribution < -0.4 is 10.6 Å². The molecule has 2 heterocycles. The van der Waals surface area contributed by atoms with E-state index in [1.165, 1.54) is 13.3 Å². The van der Waals surface area contributed by atoms with Gasteiger partial charge in [-0.2, -0.15) is 0 Å². The zero-order valence-corrected chi connectivity index (χ0v) is 18.6. The molecule has 168 valence electrons. The molecule has 33 heavy (non-hydrogen) atoms. The van der Waals surface area contributed by atoms with Crippen molar-refractivity contribution in [3.63, 3.8) is 0 Å². The summed E-state index contributed by atoms with van der Waals surface area (Å²) in [5, 5.41) is 21.9. The maximum Gasteiger partial charge on any atom is 0.180 e. The first-order valence-corrected chi connectivity index (χ1v) is 10.6. The minimum atomic E-state index is 0.290. The van der Waals surface area contributed by atoms with Gasteiger partial charge in [-0.15, -0.1) is 0 Å². The molecule has 7 heteroatoms. The van der Waals surface area contributed by atoms with Crippen LogP contribution in [0.2, 0.25) is 0 Å². The Morgan fingerprint density at radius 2 is 1.85 bits per heavy atom. The van der Waals surface area contributed by atoms with Gasteiger partial charge in [0.15, 0.2) is 5.90 Å². The van der Waals surface area contributed by atoms with Crippen LogP contribution in [0.4, 0.5) is 5.69 Å². The van der Waals surface area contributed by atoms with Crippen LogP contribution in [0.5, 0.6) is 0 Å². The molecular formula is C26H28N6O. The first-order chi connectivity index (χ1) is 16.2. The predicted molar refractivity (Wildman–Crippen MR) is 134 cm³/mol. The van der Waals surface area contributed by atoms with Gasteiger partial charge in [-0.1, -0.05) is 18.2 Å². The monoisotopic (exact) mass is 440 g/mol. The lowest BCUT2D eigenvalue weighted by molar-refractivity contribution is 0.386. The lowest BCUT2D eigenvalue weighted by Crippen LogP contribution is -2.07. The van der Waals surface area contributed by atoms with Crippen molar-refractivity contribution in [1.29, 1.82) is 10.8 Å². The average molecular weight is 441 g/mol. The highest BCUT2D eigenvalue weighted by molar-refractivity contribution is 6.09. The van der Waals surface area contributed by atoms with Gasteiger partial charge in [0.05, 0.1) is 7.11 Å². The average Bonchev–Trinajstić information content (AvgIpc) is 2.87. The van der Waals surface area contributed by atoms with Gasteiger partial charge in [0.25, 0.3) is 0 Å². The second-order valence-corrected chi connectivity index (χ2v) is 7.25. The molecule has 0 aliphatic rings. The maximum absolute atomic E-state index is 7.85.